The zero-order valence-electron chi connectivity index (χ0n) is 67.9. The minimum atomic E-state index is -0.445. The van der Waals surface area contributed by atoms with Crippen molar-refractivity contribution in [1.82, 2.24) is 63.0 Å². The fourth-order valence-electron chi connectivity index (χ4n) is 14.0. The number of hydrogen-bond acceptors (Lipinski definition) is 16. The molecule has 1 aliphatic rings. The first-order valence-electron chi connectivity index (χ1n) is 39.9. The van der Waals surface area contributed by atoms with E-state index in [2.05, 4.69) is 239 Å². The predicted octanol–water partition coefficient (Wildman–Crippen LogP) is 27.2. The van der Waals surface area contributed by atoms with Gasteiger partial charge in [-0.05, 0) is 165 Å². The number of ketones is 1. The van der Waals surface area contributed by atoms with Gasteiger partial charge in [-0.25, -0.2) is 49.8 Å². The Balaban J connectivity index is 0.000000116. The van der Waals surface area contributed by atoms with Crippen LogP contribution in [0, 0.1) is 0 Å². The third-order valence-corrected chi connectivity index (χ3v) is 26.9. The maximum atomic E-state index is 11.2. The highest BCUT2D eigenvalue weighted by Crippen LogP contribution is 2.41. The summed E-state index contributed by atoms with van der Waals surface area (Å²) in [7, 11) is -0.445. The van der Waals surface area contributed by atoms with E-state index in [1.165, 1.54) is 25.0 Å². The van der Waals surface area contributed by atoms with Gasteiger partial charge in [0.1, 0.15) is 48.1 Å². The molecule has 26 heteroatoms. The quantitative estimate of drug-likeness (QED) is 0.0554. The Hall–Kier alpha value is -11.8. The number of anilines is 1. The molecule has 0 saturated carbocycles. The summed E-state index contributed by atoms with van der Waals surface area (Å²) < 4.78 is 26.2. The van der Waals surface area contributed by atoms with Crippen molar-refractivity contribution < 1.29 is 14.1 Å². The number of hydrogen-bond donors (Lipinski definition) is 1. The fourth-order valence-corrected chi connectivity index (χ4v) is 19.1. The van der Waals surface area contributed by atoms with E-state index in [0.717, 1.165) is 122 Å². The van der Waals surface area contributed by atoms with E-state index in [1.807, 2.05) is 241 Å². The summed E-state index contributed by atoms with van der Waals surface area (Å²) in [5.41, 5.74) is 21.0. The lowest BCUT2D eigenvalue weighted by molar-refractivity contribution is 0.00578. The van der Waals surface area contributed by atoms with Crippen LogP contribution in [0.15, 0.2) is 369 Å². The molecule has 0 aliphatic carbocycles. The summed E-state index contributed by atoms with van der Waals surface area (Å²) in [6.45, 7) is 8.23. The van der Waals surface area contributed by atoms with Crippen LogP contribution in [0.25, 0.3) is 149 Å². The van der Waals surface area contributed by atoms with Gasteiger partial charge in [-0.3, -0.25) is 18.0 Å². The number of carbonyl (C=O) groups excluding carboxylic acids is 1. The van der Waals surface area contributed by atoms with E-state index in [-0.39, 0.29) is 5.78 Å². The van der Waals surface area contributed by atoms with E-state index >= 15 is 0 Å². The fraction of sp³-hybridized carbons (Fsp3) is 0.0700. The molecule has 0 bridgehead atoms. The number of Topliss-reactive ketones (excluding diaryl/α,β-unsaturated/α-hetero) is 1. The Kier molecular flexibility index (Phi) is 26.4. The Labute approximate surface area is 785 Å². The molecular weight excluding hydrogens is 2000 g/mol. The first-order valence-corrected chi connectivity index (χ1v) is 46.6. The third kappa shape index (κ3) is 19.2. The standard InChI is InChI=1S/C34H21N5S.C27H26BN3O2.C13H8Br2N2.C13H7BrN2S.C8H6Br2O.C5H5BrN2/c1-3-11-22(12-4-1)31-36-32(23-13-5-2-6-14-23)38-33(37-31)25-16-9-15-24(21-25)27-18-10-20-29-35-30-26-17-7-8-19-28(26)40-34(30)39(27)29;1-26(2)27(3,4)33-28(32-26)22-17-11-16-21(18-22)25-30-23(19-12-7-5-8-13-19)29-24(31-25)20-14-9-6-10-15-20;14-10-5-2-1-4-9(10)11-8-17-12(15)6-3-7-13(17)16-11;14-10-6-3-7-11-15-12-8-4-1-2-5-9(8)17-13(12)16(10)11;9-5-8(11)6-3-1-2-4-7(6)10;6-4-2-1-3-5(7)8-4/h1-21H;5-18H,1-4H3;1-8H;1-7H;1-4H,5H2;1-3H,(H2,7,8). The molecule has 0 spiro atoms. The van der Waals surface area contributed by atoms with Crippen molar-refractivity contribution in [1.29, 1.82) is 0 Å². The van der Waals surface area contributed by atoms with Crippen molar-refractivity contribution in [2.24, 2.45) is 0 Å². The molecule has 618 valence electrons. The molecule has 17 nitrogen and oxygen atoms in total. The number of nitrogen functional groups attached to an aromatic ring is 1. The maximum Gasteiger partial charge on any atom is 0.494 e. The molecule has 1 aliphatic heterocycles. The van der Waals surface area contributed by atoms with Gasteiger partial charge in [0.05, 0.1) is 37.1 Å². The smallest absolute Gasteiger partial charge is 0.399 e. The number of aromatic nitrogens is 13. The van der Waals surface area contributed by atoms with E-state index < -0.39 is 18.3 Å². The van der Waals surface area contributed by atoms with Gasteiger partial charge in [-0.15, -0.1) is 22.7 Å². The number of nitrogens with two attached hydrogens (primary N) is 1. The topological polar surface area (TPSA) is 204 Å². The molecule has 2 N–H and O–H groups in total. The predicted molar refractivity (Wildman–Crippen MR) is 535 cm³/mol. The van der Waals surface area contributed by atoms with Gasteiger partial charge < -0.3 is 15.0 Å². The molecular formula is C100H73BBr6N14O3S2. The van der Waals surface area contributed by atoms with E-state index in [4.69, 9.17) is 54.9 Å². The van der Waals surface area contributed by atoms with Gasteiger partial charge in [0.15, 0.2) is 40.7 Å². The van der Waals surface area contributed by atoms with Gasteiger partial charge in [0, 0.05) is 79.8 Å². The Morgan fingerprint density at radius 2 is 0.794 bits per heavy atom. The van der Waals surface area contributed by atoms with Crippen LogP contribution in [-0.4, -0.2) is 92.5 Å². The van der Waals surface area contributed by atoms with Crippen LogP contribution >= 0.6 is 118 Å². The number of pyridine rings is 4. The highest BCUT2D eigenvalue weighted by atomic mass is 79.9. The highest BCUT2D eigenvalue weighted by molar-refractivity contribution is 9.11. The zero-order valence-corrected chi connectivity index (χ0v) is 79.0. The number of carbonyl (C=O) groups is 1. The van der Waals surface area contributed by atoms with Gasteiger partial charge in [-0.2, -0.15) is 0 Å². The highest BCUT2D eigenvalue weighted by Gasteiger charge is 2.52. The van der Waals surface area contributed by atoms with Crippen LogP contribution in [0.2, 0.25) is 0 Å². The van der Waals surface area contributed by atoms with Crippen molar-refractivity contribution in [2.75, 3.05) is 11.1 Å². The Morgan fingerprint density at radius 3 is 1.29 bits per heavy atom. The molecule has 12 heterocycles. The second-order valence-electron chi connectivity index (χ2n) is 29.8. The van der Waals surface area contributed by atoms with Crippen molar-refractivity contribution in [3.8, 4) is 90.8 Å². The summed E-state index contributed by atoms with van der Waals surface area (Å²) in [5.74, 6) is 4.47. The van der Waals surface area contributed by atoms with Crippen molar-refractivity contribution in [2.45, 2.75) is 38.9 Å². The minimum absolute atomic E-state index is 0.0949. The summed E-state index contributed by atoms with van der Waals surface area (Å²) in [5, 5.41) is 2.80. The average Bonchev–Trinajstić information content (AvgIpc) is 1.58. The van der Waals surface area contributed by atoms with Crippen LogP contribution in [0.5, 0.6) is 0 Å². The van der Waals surface area contributed by atoms with E-state index in [1.54, 1.807) is 34.8 Å². The average molecular weight is 2070 g/mol. The normalized spacial score (nSPS) is 12.5. The van der Waals surface area contributed by atoms with Crippen molar-refractivity contribution in [3.63, 3.8) is 0 Å². The summed E-state index contributed by atoms with van der Waals surface area (Å²) in [4.78, 5) is 60.8. The number of benzene rings is 10. The third-order valence-electron chi connectivity index (χ3n) is 21.0. The van der Waals surface area contributed by atoms with Gasteiger partial charge in [0.25, 0.3) is 0 Å². The first-order chi connectivity index (χ1) is 61.3. The second-order valence-corrected chi connectivity index (χ2v) is 36.6. The lowest BCUT2D eigenvalue weighted by atomic mass is 9.78. The summed E-state index contributed by atoms with van der Waals surface area (Å²) in [6, 6.07) is 113. The molecule has 1 fully saturated rings. The molecule has 0 atom stereocenters. The SMILES string of the molecule is Brc1cccc2nc3c4ccccc4sc3n12.Brc1ccccc1-c1cn2c(Br)cccc2n1.CC1(C)OB(c2cccc(-c3nc(-c4ccccc4)nc(-c4ccccc4)n3)c2)OC1(C)C.Nc1cccc(Br)n1.O=C(CBr)c1ccccc1Br.c1ccc(-c2nc(-c3ccccc3)nc(-c3cccc(-c4cccc5nc6c7ccccc7sc6n45)c3)n2)cc1. The summed E-state index contributed by atoms with van der Waals surface area (Å²) >= 11 is 23.8. The number of nitrogens with zero attached hydrogens (tertiary/aromatic N) is 13. The number of alkyl halides is 1. The molecule has 126 heavy (non-hydrogen) atoms. The van der Waals surface area contributed by atoms with Gasteiger partial charge >= 0.3 is 7.12 Å². The van der Waals surface area contributed by atoms with Gasteiger partial charge in [0.2, 0.25) is 0 Å². The van der Waals surface area contributed by atoms with Crippen molar-refractivity contribution in [3.05, 3.63) is 374 Å². The van der Waals surface area contributed by atoms with Crippen LogP contribution < -0.4 is 11.2 Å². The largest absolute Gasteiger partial charge is 0.494 e. The monoisotopic (exact) mass is 2070 g/mol. The molecule has 21 aromatic rings. The molecule has 0 amide bonds. The zero-order chi connectivity index (χ0) is 87.0. The number of thiophene rings is 2. The number of halogens is 6. The van der Waals surface area contributed by atoms with Gasteiger partial charge in [-0.1, -0.05) is 309 Å². The first kappa shape index (κ1) is 86.3. The van der Waals surface area contributed by atoms with E-state index in [9.17, 15) is 4.79 Å². The molecule has 11 aromatic heterocycles. The molecule has 0 unspecified atom stereocenters. The maximum absolute atomic E-state index is 11.2. The summed E-state index contributed by atoms with van der Waals surface area (Å²) in [6.07, 6.45) is 2.03. The minimum Gasteiger partial charge on any atom is -0.399 e. The Morgan fingerprint density at radius 1 is 0.381 bits per heavy atom. The molecule has 10 aromatic carbocycles. The van der Waals surface area contributed by atoms with Crippen molar-refractivity contribution >= 4 is 200 Å². The number of imidazole rings is 3. The van der Waals surface area contributed by atoms with E-state index in [0.29, 0.717) is 46.1 Å². The lowest BCUT2D eigenvalue weighted by Gasteiger charge is -2.32. The lowest BCUT2D eigenvalue weighted by Crippen LogP contribution is -2.41. The van der Waals surface area contributed by atoms with Crippen LogP contribution in [0.4, 0.5) is 5.82 Å². The Bertz CT molecular complexity index is 7360. The molecule has 0 radical (unpaired) electrons. The number of fused-ring (bicyclic) bond motifs is 11. The second kappa shape index (κ2) is 38.6. The van der Waals surface area contributed by atoms with Crippen LogP contribution in [0.3, 0.4) is 0 Å². The van der Waals surface area contributed by atoms with Crippen LogP contribution in [-0.2, 0) is 9.31 Å². The molecule has 1 saturated heterocycles. The molecule has 22 rings (SSSR count). The van der Waals surface area contributed by atoms with Crippen LogP contribution in [0.1, 0.15) is 38.1 Å². The number of rotatable bonds is 11.